The number of anilines is 1. The molecule has 0 atom stereocenters. The zero-order valence-electron chi connectivity index (χ0n) is 17.6. The lowest BCUT2D eigenvalue weighted by Gasteiger charge is -2.13. The first kappa shape index (κ1) is 22.7. The zero-order valence-corrected chi connectivity index (χ0v) is 18.4. The van der Waals surface area contributed by atoms with Gasteiger partial charge in [-0.05, 0) is 43.5 Å². The average molecular weight is 452 g/mol. The highest BCUT2D eigenvalue weighted by Crippen LogP contribution is 2.33. The van der Waals surface area contributed by atoms with Crippen LogP contribution >= 0.6 is 11.8 Å². The van der Waals surface area contributed by atoms with E-state index in [9.17, 15) is 14.9 Å². The fourth-order valence-electron chi connectivity index (χ4n) is 2.70. The van der Waals surface area contributed by atoms with Gasteiger partial charge in [0.05, 0.1) is 18.5 Å². The van der Waals surface area contributed by atoms with Crippen molar-refractivity contribution in [3.8, 4) is 28.8 Å². The van der Waals surface area contributed by atoms with Crippen molar-refractivity contribution in [3.63, 3.8) is 0 Å². The number of hydrogen-bond donors (Lipinski definition) is 2. The minimum absolute atomic E-state index is 0.107. The van der Waals surface area contributed by atoms with Crippen LogP contribution in [0.4, 0.5) is 5.69 Å². The normalized spacial score (nSPS) is 10.2. The maximum atomic E-state index is 12.2. The largest absolute Gasteiger partial charge is 0.493 e. The van der Waals surface area contributed by atoms with Crippen molar-refractivity contribution >= 4 is 23.4 Å². The number of nitrogens with zero attached hydrogens (tertiary/aromatic N) is 2. The molecule has 1 aromatic heterocycles. The number of carbonyl (C=O) groups excluding carboxylic acids is 1. The number of nitrogens with one attached hydrogen (secondary N) is 2. The van der Waals surface area contributed by atoms with Crippen LogP contribution in [0, 0.1) is 18.3 Å². The quantitative estimate of drug-likeness (QED) is 0.301. The van der Waals surface area contributed by atoms with Crippen LogP contribution in [0.2, 0.25) is 0 Å². The van der Waals surface area contributed by atoms with Crippen LogP contribution in [0.25, 0.3) is 11.3 Å². The number of aromatic nitrogens is 2. The average Bonchev–Trinajstić information content (AvgIpc) is 2.81. The molecule has 0 radical (unpaired) electrons. The third-order valence-electron chi connectivity index (χ3n) is 4.32. The molecule has 0 aliphatic carbocycles. The molecule has 0 spiro atoms. The highest BCUT2D eigenvalue weighted by molar-refractivity contribution is 7.98. The number of rotatable bonds is 8. The molecule has 0 aliphatic heterocycles. The number of benzene rings is 2. The van der Waals surface area contributed by atoms with Gasteiger partial charge in [-0.25, -0.2) is 15.3 Å². The molecular formula is C22H20N4O5S. The molecule has 0 saturated carbocycles. The molecule has 1 heterocycles. The zero-order chi connectivity index (χ0) is 23.1. The molecule has 32 heavy (non-hydrogen) atoms. The number of H-pyrrole nitrogens is 1. The van der Waals surface area contributed by atoms with E-state index < -0.39 is 11.5 Å². The van der Waals surface area contributed by atoms with Gasteiger partial charge in [0.1, 0.15) is 11.6 Å². The minimum Gasteiger partial charge on any atom is -0.493 e. The summed E-state index contributed by atoms with van der Waals surface area (Å²) in [6.07, 6.45) is 1.76. The summed E-state index contributed by atoms with van der Waals surface area (Å²) < 4.78 is 10.9. The van der Waals surface area contributed by atoms with E-state index in [0.717, 1.165) is 5.56 Å². The third kappa shape index (κ3) is 5.39. The number of hydrogen-bond acceptors (Lipinski definition) is 9. The second kappa shape index (κ2) is 10.4. The van der Waals surface area contributed by atoms with Crippen molar-refractivity contribution in [2.45, 2.75) is 12.1 Å². The first-order valence-electron chi connectivity index (χ1n) is 9.37. The van der Waals surface area contributed by atoms with Crippen LogP contribution in [-0.4, -0.2) is 35.9 Å². The lowest BCUT2D eigenvalue weighted by atomic mass is 10.1. The van der Waals surface area contributed by atoms with Gasteiger partial charge in [-0.2, -0.15) is 5.26 Å². The van der Waals surface area contributed by atoms with Crippen LogP contribution in [-0.2, 0) is 9.63 Å². The number of methoxy groups -OCH3 is 1. The van der Waals surface area contributed by atoms with Crippen LogP contribution in [0.15, 0.2) is 52.4 Å². The SMILES string of the molecule is COc1cc(-c2nc(SC)[nH]c(=O)c2C#N)ccc1OCC(=O)ONc1ccc(C)cc1. The van der Waals surface area contributed by atoms with Gasteiger partial charge < -0.3 is 19.3 Å². The Hall–Kier alpha value is -3.97. The molecule has 3 aromatic rings. The van der Waals surface area contributed by atoms with E-state index in [0.29, 0.717) is 22.2 Å². The topological polar surface area (TPSA) is 126 Å². The summed E-state index contributed by atoms with van der Waals surface area (Å²) in [5.74, 6) is -0.0419. The fraction of sp³-hybridized carbons (Fsp3) is 0.182. The second-order valence-corrected chi connectivity index (χ2v) is 7.30. The van der Waals surface area contributed by atoms with Crippen molar-refractivity contribution in [2.75, 3.05) is 25.5 Å². The van der Waals surface area contributed by atoms with E-state index in [1.165, 1.54) is 18.9 Å². The lowest BCUT2D eigenvalue weighted by molar-refractivity contribution is -0.143. The van der Waals surface area contributed by atoms with Crippen LogP contribution in [0.5, 0.6) is 11.5 Å². The highest BCUT2D eigenvalue weighted by Gasteiger charge is 2.16. The molecule has 10 heteroatoms. The van der Waals surface area contributed by atoms with E-state index >= 15 is 0 Å². The standard InChI is InChI=1S/C22H20N4O5S/c1-13-4-7-15(8-5-13)26-31-19(27)12-30-17-9-6-14(10-18(17)29-2)20-16(11-23)21(28)25-22(24-20)32-3/h4-10,26H,12H2,1-3H3,(H,24,25,28). The monoisotopic (exact) mass is 452 g/mol. The summed E-state index contributed by atoms with van der Waals surface area (Å²) in [6, 6.07) is 14.0. The van der Waals surface area contributed by atoms with Crippen LogP contribution in [0.3, 0.4) is 0 Å². The molecule has 0 unspecified atom stereocenters. The van der Waals surface area contributed by atoms with Gasteiger partial charge in [0, 0.05) is 5.56 Å². The van der Waals surface area contributed by atoms with Crippen molar-refractivity contribution < 1.29 is 19.1 Å². The molecule has 0 fully saturated rings. The number of carbonyl (C=O) groups is 1. The Kier molecular flexibility index (Phi) is 7.36. The van der Waals surface area contributed by atoms with E-state index in [-0.39, 0.29) is 23.6 Å². The van der Waals surface area contributed by atoms with Gasteiger partial charge in [0.2, 0.25) is 0 Å². The first-order chi connectivity index (χ1) is 15.4. The summed E-state index contributed by atoms with van der Waals surface area (Å²) in [6.45, 7) is 1.59. The fourth-order valence-corrected chi connectivity index (χ4v) is 3.08. The first-order valence-corrected chi connectivity index (χ1v) is 10.6. The lowest BCUT2D eigenvalue weighted by Crippen LogP contribution is -2.18. The molecule has 0 aliphatic rings. The summed E-state index contributed by atoms with van der Waals surface area (Å²) in [7, 11) is 1.44. The van der Waals surface area contributed by atoms with Crippen molar-refractivity contribution in [2.24, 2.45) is 0 Å². The van der Waals surface area contributed by atoms with Crippen LogP contribution in [0.1, 0.15) is 11.1 Å². The van der Waals surface area contributed by atoms with Gasteiger partial charge in [0.25, 0.3) is 5.56 Å². The number of nitriles is 1. The second-order valence-electron chi connectivity index (χ2n) is 6.51. The predicted octanol–water partition coefficient (Wildman–Crippen LogP) is 3.30. The van der Waals surface area contributed by atoms with E-state index in [2.05, 4.69) is 15.4 Å². The molecule has 2 N–H and O–H groups in total. The van der Waals surface area contributed by atoms with E-state index in [1.54, 1.807) is 36.6 Å². The Bertz CT molecular complexity index is 1220. The third-order valence-corrected chi connectivity index (χ3v) is 4.90. The van der Waals surface area contributed by atoms with E-state index in [4.69, 9.17) is 14.3 Å². The Morgan fingerprint density at radius 1 is 1.22 bits per heavy atom. The van der Waals surface area contributed by atoms with Crippen LogP contribution < -0.4 is 20.5 Å². The highest BCUT2D eigenvalue weighted by atomic mass is 32.2. The minimum atomic E-state index is -0.635. The molecular weight excluding hydrogens is 432 g/mol. The predicted molar refractivity (Wildman–Crippen MR) is 120 cm³/mol. The Labute approximate surface area is 188 Å². The molecule has 0 amide bonds. The molecule has 3 rings (SSSR count). The Morgan fingerprint density at radius 3 is 2.62 bits per heavy atom. The van der Waals surface area contributed by atoms with Gasteiger partial charge >= 0.3 is 5.97 Å². The number of ether oxygens (including phenoxy) is 2. The molecule has 0 bridgehead atoms. The Morgan fingerprint density at radius 2 is 1.97 bits per heavy atom. The molecule has 164 valence electrons. The van der Waals surface area contributed by atoms with Crippen molar-refractivity contribution in [1.29, 1.82) is 5.26 Å². The van der Waals surface area contributed by atoms with Gasteiger partial charge in [-0.15, -0.1) is 0 Å². The maximum absolute atomic E-state index is 12.2. The summed E-state index contributed by atoms with van der Waals surface area (Å²) in [5, 5.41) is 9.75. The maximum Gasteiger partial charge on any atom is 0.369 e. The van der Waals surface area contributed by atoms with Crippen molar-refractivity contribution in [3.05, 3.63) is 63.9 Å². The molecule has 0 saturated heterocycles. The number of aryl methyl sites for hydroxylation is 1. The summed E-state index contributed by atoms with van der Waals surface area (Å²) >= 11 is 1.25. The smallest absolute Gasteiger partial charge is 0.369 e. The summed E-state index contributed by atoms with van der Waals surface area (Å²) in [5.41, 5.74) is 4.38. The van der Waals surface area contributed by atoms with E-state index in [1.807, 2.05) is 25.1 Å². The number of thioether (sulfide) groups is 1. The van der Waals surface area contributed by atoms with Crippen molar-refractivity contribution in [1.82, 2.24) is 9.97 Å². The van der Waals surface area contributed by atoms with Gasteiger partial charge in [-0.3, -0.25) is 4.79 Å². The number of aromatic amines is 1. The van der Waals surface area contributed by atoms with Gasteiger partial charge in [0.15, 0.2) is 23.3 Å². The summed E-state index contributed by atoms with van der Waals surface area (Å²) in [4.78, 5) is 36.0. The Balaban J connectivity index is 1.73. The van der Waals surface area contributed by atoms with Gasteiger partial charge in [-0.1, -0.05) is 29.5 Å². The molecule has 9 nitrogen and oxygen atoms in total. The molecule has 2 aromatic carbocycles.